The number of rotatable bonds is 9. The Bertz CT molecular complexity index is 1560. The van der Waals surface area contributed by atoms with Gasteiger partial charge in [0.15, 0.2) is 0 Å². The molecule has 1 fully saturated rings. The fourth-order valence-electron chi connectivity index (χ4n) is 4.87. The van der Waals surface area contributed by atoms with Crippen molar-refractivity contribution in [3.63, 3.8) is 0 Å². The Morgan fingerprint density at radius 1 is 1.24 bits per heavy atom. The quantitative estimate of drug-likeness (QED) is 0.274. The highest BCUT2D eigenvalue weighted by atomic mass is 19.3. The summed E-state index contributed by atoms with van der Waals surface area (Å²) in [5, 5.41) is 17.5. The minimum Gasteiger partial charge on any atom is -0.496 e. The summed E-state index contributed by atoms with van der Waals surface area (Å²) in [6.07, 6.45) is 2.97. The van der Waals surface area contributed by atoms with Gasteiger partial charge in [0.05, 0.1) is 41.9 Å². The third-order valence-electron chi connectivity index (χ3n) is 6.74. The summed E-state index contributed by atoms with van der Waals surface area (Å²) in [6.45, 7) is 0.513. The predicted molar refractivity (Wildman–Crippen MR) is 147 cm³/mol. The number of benzene rings is 1. The number of pyridine rings is 2. The van der Waals surface area contributed by atoms with E-state index in [1.807, 2.05) is 4.90 Å². The van der Waals surface area contributed by atoms with Crippen LogP contribution in [-0.4, -0.2) is 63.5 Å². The van der Waals surface area contributed by atoms with E-state index in [0.717, 1.165) is 6.42 Å². The van der Waals surface area contributed by atoms with Crippen molar-refractivity contribution in [3.8, 4) is 28.1 Å². The number of amides is 1. The maximum atomic E-state index is 14.9. The number of piperidine rings is 1. The number of nitrogens with one attached hydrogen (secondary N) is 1. The number of aromatic nitrogens is 4. The smallest absolute Gasteiger partial charge is 0.257 e. The lowest BCUT2D eigenvalue weighted by Crippen LogP contribution is -2.38. The highest BCUT2D eigenvalue weighted by molar-refractivity contribution is 6.00. The number of methoxy groups -OCH3 is 1. The largest absolute Gasteiger partial charge is 0.496 e. The van der Waals surface area contributed by atoms with Crippen LogP contribution in [0.2, 0.25) is 0 Å². The van der Waals surface area contributed by atoms with Crippen LogP contribution in [0.3, 0.4) is 0 Å². The van der Waals surface area contributed by atoms with Crippen LogP contribution in [0, 0.1) is 5.82 Å². The molecule has 1 aliphatic rings. The number of halogens is 3. The van der Waals surface area contributed by atoms with E-state index < -0.39 is 30.8 Å². The lowest BCUT2D eigenvalue weighted by molar-refractivity contribution is 0.100. The predicted octanol–water partition coefficient (Wildman–Crippen LogP) is 4.22. The molecule has 0 saturated carbocycles. The zero-order valence-corrected chi connectivity index (χ0v) is 22.1. The summed E-state index contributed by atoms with van der Waals surface area (Å²) in [4.78, 5) is 23.1. The summed E-state index contributed by atoms with van der Waals surface area (Å²) >= 11 is 0. The molecule has 0 bridgehead atoms. The molecule has 214 valence electrons. The molecule has 41 heavy (non-hydrogen) atoms. The number of carbonyl (C=O) groups excluding carboxylic acids is 1. The molecule has 4 aromatic rings. The molecule has 13 heteroatoms. The zero-order chi connectivity index (χ0) is 29.1. The Hall–Kier alpha value is -4.65. The number of nitrogens with two attached hydrogens (primary N) is 1. The fraction of sp³-hybridized carbons (Fsp3) is 0.286. The summed E-state index contributed by atoms with van der Waals surface area (Å²) in [6, 6.07) is 8.97. The first-order chi connectivity index (χ1) is 19.7. The van der Waals surface area contributed by atoms with Gasteiger partial charge in [0, 0.05) is 42.7 Å². The highest BCUT2D eigenvalue weighted by Crippen LogP contribution is 2.36. The first kappa shape index (κ1) is 27.9. The van der Waals surface area contributed by atoms with E-state index in [1.165, 1.54) is 48.5 Å². The minimum atomic E-state index is -2.55. The van der Waals surface area contributed by atoms with E-state index in [9.17, 15) is 23.1 Å². The van der Waals surface area contributed by atoms with Crippen molar-refractivity contribution in [3.05, 3.63) is 66.4 Å². The number of nitrogens with zero attached hydrogens (tertiary/aromatic N) is 5. The standard InChI is InChI=1S/C28H28F3N7O3/c1-41-22-6-2-5-20(29)26(22)27-18(28(32)40)7-8-24(36-27)35-25-10-21(37-9-3-4-17(39)14-37)19(12-33-25)16-11-34-38(13-16)15-23(30)31/h2,5-8,10-13,17,23,39H,3-4,9,14-15H2,1H3,(H2,32,40)(H,33,35,36)/t17-/m0/s1. The van der Waals surface area contributed by atoms with Gasteiger partial charge in [0.25, 0.3) is 12.3 Å². The molecule has 0 unspecified atom stereocenters. The van der Waals surface area contributed by atoms with Crippen molar-refractivity contribution in [2.24, 2.45) is 5.73 Å². The van der Waals surface area contributed by atoms with Crippen molar-refractivity contribution in [1.82, 2.24) is 19.7 Å². The van der Waals surface area contributed by atoms with Crippen molar-refractivity contribution >= 4 is 23.2 Å². The van der Waals surface area contributed by atoms with Gasteiger partial charge in [-0.3, -0.25) is 9.48 Å². The van der Waals surface area contributed by atoms with Crippen molar-refractivity contribution in [1.29, 1.82) is 0 Å². The van der Waals surface area contributed by atoms with Crippen LogP contribution in [-0.2, 0) is 6.54 Å². The Morgan fingerprint density at radius 3 is 2.80 bits per heavy atom. The molecular weight excluding hydrogens is 539 g/mol. The van der Waals surface area contributed by atoms with Crippen LogP contribution in [0.4, 0.5) is 30.5 Å². The summed E-state index contributed by atoms with van der Waals surface area (Å²) in [5.41, 5.74) is 7.51. The van der Waals surface area contributed by atoms with Crippen LogP contribution in [0.5, 0.6) is 5.75 Å². The molecule has 4 N–H and O–H groups in total. The van der Waals surface area contributed by atoms with Gasteiger partial charge in [-0.1, -0.05) is 6.07 Å². The van der Waals surface area contributed by atoms with Crippen molar-refractivity contribution in [2.75, 3.05) is 30.4 Å². The number of aliphatic hydroxyl groups excluding tert-OH is 1. The SMILES string of the molecule is COc1cccc(F)c1-c1nc(Nc2cc(N3CCC[C@H](O)C3)c(-c3cnn(CC(F)F)c3)cn2)ccc1C(N)=O. The number of primary amides is 1. The van der Waals surface area contributed by atoms with Gasteiger partial charge in [-0.25, -0.2) is 23.1 Å². The van der Waals surface area contributed by atoms with Gasteiger partial charge in [0.1, 0.15) is 29.7 Å². The minimum absolute atomic E-state index is 0.000101. The second kappa shape index (κ2) is 11.8. The molecular formula is C28H28F3N7O3. The van der Waals surface area contributed by atoms with Gasteiger partial charge in [-0.05, 0) is 37.1 Å². The Labute approximate surface area is 233 Å². The van der Waals surface area contributed by atoms with E-state index >= 15 is 0 Å². The average molecular weight is 568 g/mol. The van der Waals surface area contributed by atoms with Crippen LogP contribution in [0.25, 0.3) is 22.4 Å². The Kier molecular flexibility index (Phi) is 8.06. The number of alkyl halides is 2. The monoisotopic (exact) mass is 567 g/mol. The van der Waals surface area contributed by atoms with E-state index in [0.29, 0.717) is 42.1 Å². The van der Waals surface area contributed by atoms with E-state index in [1.54, 1.807) is 18.3 Å². The molecule has 4 heterocycles. The second-order valence-corrected chi connectivity index (χ2v) is 9.57. The molecule has 0 radical (unpaired) electrons. The average Bonchev–Trinajstić information content (AvgIpc) is 3.40. The van der Waals surface area contributed by atoms with Crippen LogP contribution in [0.1, 0.15) is 23.2 Å². The first-order valence-corrected chi connectivity index (χ1v) is 12.9. The number of hydrogen-bond acceptors (Lipinski definition) is 8. The Morgan fingerprint density at radius 2 is 2.07 bits per heavy atom. The summed E-state index contributed by atoms with van der Waals surface area (Å²) < 4.78 is 47.2. The van der Waals surface area contributed by atoms with E-state index in [-0.39, 0.29) is 28.4 Å². The number of aliphatic hydroxyl groups is 1. The summed E-state index contributed by atoms with van der Waals surface area (Å²) in [7, 11) is 1.38. The van der Waals surface area contributed by atoms with Gasteiger partial charge in [-0.2, -0.15) is 5.10 Å². The molecule has 5 rings (SSSR count). The maximum absolute atomic E-state index is 14.9. The number of carbonyl (C=O) groups is 1. The molecule has 1 atom stereocenters. The van der Waals surface area contributed by atoms with E-state index in [4.69, 9.17) is 10.5 Å². The number of ether oxygens (including phenoxy) is 1. The topological polar surface area (TPSA) is 131 Å². The molecule has 0 spiro atoms. The second-order valence-electron chi connectivity index (χ2n) is 9.57. The highest BCUT2D eigenvalue weighted by Gasteiger charge is 2.24. The molecule has 3 aromatic heterocycles. The zero-order valence-electron chi connectivity index (χ0n) is 22.1. The number of hydrogen-bond donors (Lipinski definition) is 3. The lowest BCUT2D eigenvalue weighted by Gasteiger charge is -2.33. The van der Waals surface area contributed by atoms with Gasteiger partial charge in [0.2, 0.25) is 0 Å². The molecule has 1 saturated heterocycles. The molecule has 1 amide bonds. The van der Waals surface area contributed by atoms with Crippen molar-refractivity contribution in [2.45, 2.75) is 31.9 Å². The Balaban J connectivity index is 1.54. The first-order valence-electron chi connectivity index (χ1n) is 12.9. The third kappa shape index (κ3) is 6.09. The molecule has 1 aliphatic heterocycles. The molecule has 0 aliphatic carbocycles. The summed E-state index contributed by atoms with van der Waals surface area (Å²) in [5.74, 6) is -0.625. The van der Waals surface area contributed by atoms with Crippen LogP contribution >= 0.6 is 0 Å². The van der Waals surface area contributed by atoms with Gasteiger partial charge in [-0.15, -0.1) is 0 Å². The van der Waals surface area contributed by atoms with Crippen LogP contribution in [0.15, 0.2) is 55.0 Å². The fourth-order valence-corrected chi connectivity index (χ4v) is 4.87. The van der Waals surface area contributed by atoms with E-state index in [2.05, 4.69) is 20.4 Å². The molecule has 10 nitrogen and oxygen atoms in total. The van der Waals surface area contributed by atoms with Crippen molar-refractivity contribution < 1.29 is 27.8 Å². The van der Waals surface area contributed by atoms with Gasteiger partial charge < -0.3 is 25.8 Å². The van der Waals surface area contributed by atoms with Crippen LogP contribution < -0.4 is 20.7 Å². The third-order valence-corrected chi connectivity index (χ3v) is 6.74. The van der Waals surface area contributed by atoms with Gasteiger partial charge >= 0.3 is 0 Å². The normalized spacial score (nSPS) is 15.3. The number of β-amino-alcohol motifs (C(OH)–C–C–N with tert-alkyl or cyclic N) is 1. The number of anilines is 3. The molecule has 1 aromatic carbocycles. The maximum Gasteiger partial charge on any atom is 0.257 e. The lowest BCUT2D eigenvalue weighted by atomic mass is 10.0.